The minimum Gasteiger partial charge on any atom is -0.497 e. The number of hydrogen-bond acceptors (Lipinski definition) is 7. The molecule has 1 fully saturated rings. The third kappa shape index (κ3) is 7.34. The van der Waals surface area contributed by atoms with Crippen molar-refractivity contribution in [2.75, 3.05) is 50.2 Å². The Morgan fingerprint density at radius 2 is 1.68 bits per heavy atom. The molecule has 1 unspecified atom stereocenters. The molecule has 4 aromatic rings. The number of rotatable bonds is 10. The molecule has 0 bridgehead atoms. The van der Waals surface area contributed by atoms with Gasteiger partial charge in [0.15, 0.2) is 0 Å². The zero-order valence-corrected chi connectivity index (χ0v) is 26.6. The van der Waals surface area contributed by atoms with E-state index in [0.717, 1.165) is 89.3 Å². The van der Waals surface area contributed by atoms with Gasteiger partial charge >= 0.3 is 0 Å². The van der Waals surface area contributed by atoms with Gasteiger partial charge in [-0.15, -0.1) is 0 Å². The lowest BCUT2D eigenvalue weighted by Crippen LogP contribution is -2.36. The summed E-state index contributed by atoms with van der Waals surface area (Å²) in [5, 5.41) is 3.14. The number of allylic oxidation sites excluding steroid dienone is 2. The summed E-state index contributed by atoms with van der Waals surface area (Å²) in [6, 6.07) is 30.3. The van der Waals surface area contributed by atoms with Gasteiger partial charge in [-0.2, -0.15) is 0 Å². The zero-order chi connectivity index (χ0) is 32.0. The fourth-order valence-corrected chi connectivity index (χ4v) is 6.26. The van der Waals surface area contributed by atoms with Crippen molar-refractivity contribution in [2.24, 2.45) is 10.9 Å². The molecule has 8 heteroatoms. The van der Waals surface area contributed by atoms with E-state index in [2.05, 4.69) is 34.5 Å². The van der Waals surface area contributed by atoms with E-state index in [1.165, 1.54) is 5.69 Å². The third-order valence-corrected chi connectivity index (χ3v) is 8.87. The summed E-state index contributed by atoms with van der Waals surface area (Å²) in [5.74, 6) is 1.97. The average molecular weight is 630 g/mol. The maximum absolute atomic E-state index is 13.4. The van der Waals surface area contributed by atoms with E-state index in [-0.39, 0.29) is 11.8 Å². The monoisotopic (exact) mass is 629 g/mol. The Kier molecular flexibility index (Phi) is 9.19. The van der Waals surface area contributed by atoms with Crippen LogP contribution in [-0.4, -0.2) is 51.6 Å². The molecule has 1 aliphatic carbocycles. The van der Waals surface area contributed by atoms with Gasteiger partial charge < -0.3 is 29.2 Å². The highest BCUT2D eigenvalue weighted by atomic mass is 16.5. The summed E-state index contributed by atoms with van der Waals surface area (Å²) >= 11 is 0. The first kappa shape index (κ1) is 30.6. The first-order chi connectivity index (χ1) is 23.1. The van der Waals surface area contributed by atoms with Crippen LogP contribution >= 0.6 is 0 Å². The van der Waals surface area contributed by atoms with E-state index in [1.54, 1.807) is 7.11 Å². The maximum Gasteiger partial charge on any atom is 0.233 e. The van der Waals surface area contributed by atoms with E-state index < -0.39 is 0 Å². The smallest absolute Gasteiger partial charge is 0.233 e. The summed E-state index contributed by atoms with van der Waals surface area (Å²) in [5.41, 5.74) is 7.73. The molecule has 1 atom stereocenters. The van der Waals surface area contributed by atoms with Crippen LogP contribution in [0.2, 0.25) is 0 Å². The third-order valence-electron chi connectivity index (χ3n) is 8.87. The fourth-order valence-electron chi connectivity index (χ4n) is 6.26. The number of carbonyl (C=O) groups is 1. The number of carbonyl (C=O) groups excluding carboxylic acids is 1. The van der Waals surface area contributed by atoms with E-state index in [1.807, 2.05) is 72.8 Å². The van der Waals surface area contributed by atoms with E-state index in [9.17, 15) is 4.79 Å². The van der Waals surface area contributed by atoms with Crippen LogP contribution in [0.25, 0.3) is 5.57 Å². The van der Waals surface area contributed by atoms with Crippen LogP contribution in [0.4, 0.5) is 17.1 Å². The molecule has 0 spiro atoms. The number of benzene rings is 4. The van der Waals surface area contributed by atoms with Gasteiger partial charge in [0, 0.05) is 31.3 Å². The number of morpholine rings is 1. The summed E-state index contributed by atoms with van der Waals surface area (Å²) in [4.78, 5) is 20.7. The summed E-state index contributed by atoms with van der Waals surface area (Å²) in [7, 11) is 1.66. The zero-order valence-electron chi connectivity index (χ0n) is 26.6. The minimum absolute atomic E-state index is 0.0240. The number of ether oxygens (including phenoxy) is 4. The summed E-state index contributed by atoms with van der Waals surface area (Å²) in [6.45, 7) is 4.35. The lowest BCUT2D eigenvalue weighted by molar-refractivity contribution is -0.118. The SMILES string of the molecule is COc1cc(OCc2ccccc2)cc(C2=CC3=Nc4ccc(CCOc5ccc(N6CCOCC6)cc5)cc4NC(=O)C3CC2)c1. The van der Waals surface area contributed by atoms with Crippen molar-refractivity contribution in [1.82, 2.24) is 0 Å². The molecule has 0 radical (unpaired) electrons. The number of amides is 1. The highest BCUT2D eigenvalue weighted by Gasteiger charge is 2.31. The molecule has 1 saturated heterocycles. The van der Waals surface area contributed by atoms with Gasteiger partial charge in [-0.3, -0.25) is 9.79 Å². The van der Waals surface area contributed by atoms with Crippen molar-refractivity contribution in [1.29, 1.82) is 0 Å². The average Bonchev–Trinajstić information content (AvgIpc) is 3.26. The van der Waals surface area contributed by atoms with Crippen molar-refractivity contribution < 1.29 is 23.7 Å². The van der Waals surface area contributed by atoms with Crippen molar-refractivity contribution in [3.8, 4) is 17.2 Å². The van der Waals surface area contributed by atoms with E-state index in [4.69, 9.17) is 23.9 Å². The van der Waals surface area contributed by atoms with Crippen LogP contribution in [0.5, 0.6) is 17.2 Å². The number of anilines is 2. The molecule has 0 aromatic heterocycles. The van der Waals surface area contributed by atoms with E-state index in [0.29, 0.717) is 26.1 Å². The maximum atomic E-state index is 13.4. The highest BCUT2D eigenvalue weighted by Crippen LogP contribution is 2.38. The molecule has 1 N–H and O–H groups in total. The number of methoxy groups -OCH3 is 1. The molecule has 240 valence electrons. The Morgan fingerprint density at radius 1 is 0.872 bits per heavy atom. The van der Waals surface area contributed by atoms with Crippen molar-refractivity contribution >= 4 is 34.3 Å². The molecule has 47 heavy (non-hydrogen) atoms. The van der Waals surface area contributed by atoms with Gasteiger partial charge in [0.05, 0.1) is 49.9 Å². The molecule has 3 aliphatic rings. The number of nitrogens with zero attached hydrogens (tertiary/aromatic N) is 2. The molecule has 1 amide bonds. The molecular weight excluding hydrogens is 590 g/mol. The summed E-state index contributed by atoms with van der Waals surface area (Å²) in [6.07, 6.45) is 4.19. The number of hydrogen-bond donors (Lipinski definition) is 1. The first-order valence-electron chi connectivity index (χ1n) is 16.3. The van der Waals surface area contributed by atoms with Crippen LogP contribution in [-0.2, 0) is 22.6 Å². The molecule has 2 heterocycles. The summed E-state index contributed by atoms with van der Waals surface area (Å²) < 4.78 is 23.2. The topological polar surface area (TPSA) is 81.6 Å². The Hall–Kier alpha value is -5.08. The van der Waals surface area contributed by atoms with Crippen LogP contribution in [0, 0.1) is 5.92 Å². The Labute approximate surface area is 275 Å². The number of fused-ring (bicyclic) bond motifs is 2. The lowest BCUT2D eigenvalue weighted by atomic mass is 9.84. The Balaban J connectivity index is 1.03. The van der Waals surface area contributed by atoms with Crippen molar-refractivity contribution in [3.05, 3.63) is 114 Å². The molecular formula is C39H39N3O5. The second-order valence-corrected chi connectivity index (χ2v) is 12.0. The molecule has 2 aliphatic heterocycles. The first-order valence-corrected chi connectivity index (χ1v) is 16.3. The minimum atomic E-state index is -0.308. The van der Waals surface area contributed by atoms with E-state index >= 15 is 0 Å². The molecule has 4 aromatic carbocycles. The fraction of sp³-hybridized carbons (Fsp3) is 0.282. The van der Waals surface area contributed by atoms with Gasteiger partial charge in [0.1, 0.15) is 23.9 Å². The molecule has 0 saturated carbocycles. The van der Waals surface area contributed by atoms with Gasteiger partial charge in [-0.1, -0.05) is 36.4 Å². The van der Waals surface area contributed by atoms with Gasteiger partial charge in [0.25, 0.3) is 0 Å². The Morgan fingerprint density at radius 3 is 2.49 bits per heavy atom. The quantitative estimate of drug-likeness (QED) is 0.199. The van der Waals surface area contributed by atoms with Crippen molar-refractivity contribution in [2.45, 2.75) is 25.9 Å². The normalized spacial score (nSPS) is 17.3. The van der Waals surface area contributed by atoms with Gasteiger partial charge in [-0.05, 0) is 89.7 Å². The molecule has 8 nitrogen and oxygen atoms in total. The van der Waals surface area contributed by atoms with Gasteiger partial charge in [0.2, 0.25) is 5.91 Å². The molecule has 7 rings (SSSR count). The predicted octanol–water partition coefficient (Wildman–Crippen LogP) is 7.25. The largest absolute Gasteiger partial charge is 0.497 e. The van der Waals surface area contributed by atoms with Crippen LogP contribution in [0.1, 0.15) is 29.5 Å². The second kappa shape index (κ2) is 14.1. The van der Waals surface area contributed by atoms with Crippen LogP contribution in [0.3, 0.4) is 0 Å². The Bertz CT molecular complexity index is 1780. The highest BCUT2D eigenvalue weighted by molar-refractivity contribution is 6.19. The van der Waals surface area contributed by atoms with Crippen LogP contribution < -0.4 is 24.4 Å². The second-order valence-electron chi connectivity index (χ2n) is 12.0. The number of aliphatic imine (C=N–C) groups is 1. The standard InChI is InChI=1S/C39H39N3O5/c1-44-33-22-30(23-34(25-33)47-26-28-5-3-2-4-6-28)29-8-13-35-37(24-29)40-36-14-7-27(21-38(36)41-39(35)43)15-18-46-32-11-9-31(10-12-32)42-16-19-45-20-17-42/h2-7,9-12,14,21-25,35H,8,13,15-20,26H2,1H3,(H,41,43). The predicted molar refractivity (Wildman–Crippen MR) is 185 cm³/mol. The lowest BCUT2D eigenvalue weighted by Gasteiger charge is -2.28. The number of nitrogens with one attached hydrogen (secondary N) is 1. The van der Waals surface area contributed by atoms with Crippen LogP contribution in [0.15, 0.2) is 102 Å². The van der Waals surface area contributed by atoms with Crippen molar-refractivity contribution in [3.63, 3.8) is 0 Å². The van der Waals surface area contributed by atoms with Gasteiger partial charge in [-0.25, -0.2) is 0 Å².